The molecule has 0 radical (unpaired) electrons. The summed E-state index contributed by atoms with van der Waals surface area (Å²) in [7, 11) is 2.18. The highest BCUT2D eigenvalue weighted by Gasteiger charge is 2.22. The van der Waals surface area contributed by atoms with Gasteiger partial charge in [-0.1, -0.05) is 22.0 Å². The number of nitrogens with two attached hydrogens (primary N) is 1. The molecule has 1 aliphatic rings. The van der Waals surface area contributed by atoms with E-state index < -0.39 is 0 Å². The Kier molecular flexibility index (Phi) is 3.87. The van der Waals surface area contributed by atoms with Crippen LogP contribution in [0.25, 0.3) is 0 Å². The van der Waals surface area contributed by atoms with Gasteiger partial charge in [0.05, 0.1) is 0 Å². The highest BCUT2D eigenvalue weighted by Crippen LogP contribution is 2.27. The van der Waals surface area contributed by atoms with E-state index in [0.29, 0.717) is 12.1 Å². The highest BCUT2D eigenvalue weighted by molar-refractivity contribution is 9.10. The van der Waals surface area contributed by atoms with E-state index >= 15 is 0 Å². The first-order chi connectivity index (χ1) is 7.66. The van der Waals surface area contributed by atoms with Crippen molar-refractivity contribution < 1.29 is 0 Å². The number of hydrogen-bond donors (Lipinski definition) is 1. The minimum Gasteiger partial charge on any atom is -0.372 e. The molecule has 0 amide bonds. The quantitative estimate of drug-likeness (QED) is 0.903. The lowest BCUT2D eigenvalue weighted by Gasteiger charge is -2.35. The van der Waals surface area contributed by atoms with Gasteiger partial charge in [0.1, 0.15) is 0 Å². The molecule has 0 aliphatic heterocycles. The number of rotatable bonds is 2. The van der Waals surface area contributed by atoms with E-state index in [4.69, 9.17) is 5.73 Å². The average molecular weight is 283 g/mol. The summed E-state index contributed by atoms with van der Waals surface area (Å²) in [6.07, 6.45) is 4.74. The molecule has 1 aromatic carbocycles. The van der Waals surface area contributed by atoms with E-state index in [-0.39, 0.29) is 0 Å². The molecule has 1 aliphatic carbocycles. The van der Waals surface area contributed by atoms with Gasteiger partial charge < -0.3 is 10.6 Å². The number of nitrogens with zero attached hydrogens (tertiary/aromatic N) is 1. The maximum Gasteiger partial charge on any atom is 0.0377 e. The van der Waals surface area contributed by atoms with Gasteiger partial charge in [0, 0.05) is 29.3 Å². The molecule has 16 heavy (non-hydrogen) atoms. The summed E-state index contributed by atoms with van der Waals surface area (Å²) in [4.78, 5) is 2.39. The number of anilines is 1. The van der Waals surface area contributed by atoms with Crippen molar-refractivity contribution in [3.63, 3.8) is 0 Å². The van der Waals surface area contributed by atoms with Crippen LogP contribution in [0.1, 0.15) is 25.7 Å². The van der Waals surface area contributed by atoms with Crippen LogP contribution in [0, 0.1) is 0 Å². The van der Waals surface area contributed by atoms with Gasteiger partial charge in [0.15, 0.2) is 0 Å². The summed E-state index contributed by atoms with van der Waals surface area (Å²) in [5.41, 5.74) is 7.22. The Bertz CT molecular complexity index is 346. The molecular weight excluding hydrogens is 264 g/mol. The van der Waals surface area contributed by atoms with Crippen molar-refractivity contribution in [1.29, 1.82) is 0 Å². The van der Waals surface area contributed by atoms with Gasteiger partial charge in [-0.15, -0.1) is 0 Å². The van der Waals surface area contributed by atoms with Gasteiger partial charge in [0.2, 0.25) is 0 Å². The zero-order valence-electron chi connectivity index (χ0n) is 9.70. The number of hydrogen-bond acceptors (Lipinski definition) is 2. The molecule has 0 aromatic heterocycles. The van der Waals surface area contributed by atoms with Crippen LogP contribution in [0.2, 0.25) is 0 Å². The van der Waals surface area contributed by atoms with Gasteiger partial charge >= 0.3 is 0 Å². The van der Waals surface area contributed by atoms with Crippen LogP contribution < -0.4 is 10.6 Å². The van der Waals surface area contributed by atoms with Gasteiger partial charge in [-0.25, -0.2) is 0 Å². The predicted molar refractivity (Wildman–Crippen MR) is 72.8 cm³/mol. The molecule has 1 saturated carbocycles. The second kappa shape index (κ2) is 5.19. The average Bonchev–Trinajstić information content (AvgIpc) is 2.29. The summed E-state index contributed by atoms with van der Waals surface area (Å²) in [6, 6.07) is 9.56. The monoisotopic (exact) mass is 282 g/mol. The molecule has 0 atom stereocenters. The van der Waals surface area contributed by atoms with Crippen LogP contribution in [-0.4, -0.2) is 19.1 Å². The maximum atomic E-state index is 5.93. The van der Waals surface area contributed by atoms with Crippen molar-refractivity contribution in [2.75, 3.05) is 11.9 Å². The van der Waals surface area contributed by atoms with E-state index in [2.05, 4.69) is 52.1 Å². The van der Waals surface area contributed by atoms with E-state index in [0.717, 1.165) is 17.3 Å². The molecule has 2 N–H and O–H groups in total. The van der Waals surface area contributed by atoms with Crippen molar-refractivity contribution in [2.45, 2.75) is 37.8 Å². The molecule has 0 bridgehead atoms. The fraction of sp³-hybridized carbons (Fsp3) is 0.538. The largest absolute Gasteiger partial charge is 0.372 e. The Hall–Kier alpha value is -0.540. The molecular formula is C13H19BrN2. The van der Waals surface area contributed by atoms with Crippen LogP contribution >= 0.6 is 15.9 Å². The van der Waals surface area contributed by atoms with Crippen LogP contribution in [0.5, 0.6) is 0 Å². The Labute approximate surface area is 106 Å². The normalized spacial score (nSPS) is 25.4. The van der Waals surface area contributed by atoms with Gasteiger partial charge in [-0.3, -0.25) is 0 Å². The minimum absolute atomic E-state index is 0.423. The van der Waals surface area contributed by atoms with Crippen LogP contribution in [0.3, 0.4) is 0 Å². The van der Waals surface area contributed by atoms with Crippen molar-refractivity contribution >= 4 is 21.6 Å². The smallest absolute Gasteiger partial charge is 0.0377 e. The van der Waals surface area contributed by atoms with Crippen molar-refractivity contribution in [3.8, 4) is 0 Å². The lowest BCUT2D eigenvalue weighted by Crippen LogP contribution is -2.38. The van der Waals surface area contributed by atoms with E-state index in [1.807, 2.05) is 0 Å². The predicted octanol–water partition coefficient (Wildman–Crippen LogP) is 3.16. The minimum atomic E-state index is 0.423. The Morgan fingerprint density at radius 1 is 1.25 bits per heavy atom. The van der Waals surface area contributed by atoms with E-state index in [9.17, 15) is 0 Å². The molecule has 0 spiro atoms. The fourth-order valence-electron chi connectivity index (χ4n) is 2.40. The molecule has 2 rings (SSSR count). The third-order valence-corrected chi connectivity index (χ3v) is 4.00. The second-order valence-corrected chi connectivity index (χ2v) is 5.58. The van der Waals surface area contributed by atoms with Crippen LogP contribution in [0.15, 0.2) is 28.7 Å². The summed E-state index contributed by atoms with van der Waals surface area (Å²) < 4.78 is 1.14. The molecule has 0 saturated heterocycles. The molecule has 0 heterocycles. The number of halogens is 1. The Morgan fingerprint density at radius 2 is 1.94 bits per heavy atom. The second-order valence-electron chi connectivity index (χ2n) is 4.66. The lowest BCUT2D eigenvalue weighted by atomic mass is 9.91. The van der Waals surface area contributed by atoms with Crippen molar-refractivity contribution in [2.24, 2.45) is 5.73 Å². The third kappa shape index (κ3) is 2.77. The standard InChI is InChI=1S/C13H19BrN2/c1-16(12-7-5-11(15)6-8-12)13-4-2-3-10(14)9-13/h2-4,9,11-12H,5-8,15H2,1H3. The molecule has 1 fully saturated rings. The third-order valence-electron chi connectivity index (χ3n) is 3.50. The summed E-state index contributed by atoms with van der Waals surface area (Å²) in [5.74, 6) is 0. The molecule has 3 heteroatoms. The summed E-state index contributed by atoms with van der Waals surface area (Å²) in [6.45, 7) is 0. The number of benzene rings is 1. The zero-order chi connectivity index (χ0) is 11.5. The molecule has 88 valence electrons. The first kappa shape index (κ1) is 11.9. The van der Waals surface area contributed by atoms with E-state index in [1.165, 1.54) is 18.5 Å². The van der Waals surface area contributed by atoms with Gasteiger partial charge in [-0.2, -0.15) is 0 Å². The van der Waals surface area contributed by atoms with Crippen molar-refractivity contribution in [3.05, 3.63) is 28.7 Å². The van der Waals surface area contributed by atoms with Crippen molar-refractivity contribution in [1.82, 2.24) is 0 Å². The van der Waals surface area contributed by atoms with Crippen LogP contribution in [0.4, 0.5) is 5.69 Å². The fourth-order valence-corrected chi connectivity index (χ4v) is 2.78. The Balaban J connectivity index is 2.04. The Morgan fingerprint density at radius 3 is 2.56 bits per heavy atom. The van der Waals surface area contributed by atoms with E-state index in [1.54, 1.807) is 0 Å². The van der Waals surface area contributed by atoms with Crippen LogP contribution in [-0.2, 0) is 0 Å². The summed E-state index contributed by atoms with van der Waals surface area (Å²) in [5, 5.41) is 0. The first-order valence-corrected chi connectivity index (χ1v) is 6.70. The molecule has 2 nitrogen and oxygen atoms in total. The molecule has 1 aromatic rings. The summed E-state index contributed by atoms with van der Waals surface area (Å²) >= 11 is 3.52. The zero-order valence-corrected chi connectivity index (χ0v) is 11.3. The maximum absolute atomic E-state index is 5.93. The SMILES string of the molecule is CN(c1cccc(Br)c1)C1CCC(N)CC1. The van der Waals surface area contributed by atoms with Gasteiger partial charge in [0.25, 0.3) is 0 Å². The molecule has 0 unspecified atom stereocenters. The van der Waals surface area contributed by atoms with Gasteiger partial charge in [-0.05, 0) is 43.9 Å². The first-order valence-electron chi connectivity index (χ1n) is 5.91. The highest BCUT2D eigenvalue weighted by atomic mass is 79.9. The topological polar surface area (TPSA) is 29.3 Å². The lowest BCUT2D eigenvalue weighted by molar-refractivity contribution is 0.385.